The predicted octanol–water partition coefficient (Wildman–Crippen LogP) is 6.58. The first-order valence-electron chi connectivity index (χ1n) is 15.9. The Balaban J connectivity index is 1.44. The predicted molar refractivity (Wildman–Crippen MR) is 173 cm³/mol. The summed E-state index contributed by atoms with van der Waals surface area (Å²) in [5.41, 5.74) is 5.92. The summed E-state index contributed by atoms with van der Waals surface area (Å²) in [5, 5.41) is 14.5. The molecule has 3 N–H and O–H groups in total. The van der Waals surface area contributed by atoms with E-state index in [-0.39, 0.29) is 18.3 Å². The third-order valence-electron chi connectivity index (χ3n) is 9.61. The number of aromatic nitrogens is 1. The number of nitrogens with zero attached hydrogens (tertiary/aromatic N) is 1. The highest BCUT2D eigenvalue weighted by molar-refractivity contribution is 6.11. The minimum Gasteiger partial charge on any atom is -0.394 e. The zero-order valence-electron chi connectivity index (χ0n) is 25.1. The zero-order valence-corrected chi connectivity index (χ0v) is 25.1. The summed E-state index contributed by atoms with van der Waals surface area (Å²) in [6, 6.07) is 23.8. The second-order valence-electron chi connectivity index (χ2n) is 12.6. The van der Waals surface area contributed by atoms with E-state index < -0.39 is 12.1 Å². The number of nitrogens with one attached hydrogen (secondary N) is 2. The van der Waals surface area contributed by atoms with Crippen molar-refractivity contribution in [2.45, 2.75) is 76.3 Å². The molecule has 224 valence electrons. The highest BCUT2D eigenvalue weighted by atomic mass is 16.3. The topological polar surface area (TPSA) is 85.4 Å². The van der Waals surface area contributed by atoms with Crippen molar-refractivity contribution < 1.29 is 14.7 Å². The normalized spacial score (nSPS) is 20.0. The van der Waals surface area contributed by atoms with Crippen molar-refractivity contribution in [1.29, 1.82) is 0 Å². The number of amides is 1. The molecule has 1 aliphatic carbocycles. The molecule has 3 atom stereocenters. The Hall–Kier alpha value is -3.90. The van der Waals surface area contributed by atoms with Crippen LogP contribution in [0.15, 0.2) is 79.0 Å². The molecule has 4 aromatic rings. The maximum Gasteiger partial charge on any atom is 0.243 e. The molecule has 43 heavy (non-hydrogen) atoms. The average Bonchev–Trinajstić information content (AvgIpc) is 3.71. The van der Waals surface area contributed by atoms with Gasteiger partial charge in [-0.05, 0) is 53.5 Å². The van der Waals surface area contributed by atoms with Gasteiger partial charge in [0.15, 0.2) is 5.78 Å². The third-order valence-corrected chi connectivity index (χ3v) is 9.61. The first-order valence-corrected chi connectivity index (χ1v) is 15.9. The maximum atomic E-state index is 14.1. The Morgan fingerprint density at radius 2 is 1.72 bits per heavy atom. The van der Waals surface area contributed by atoms with Crippen LogP contribution >= 0.6 is 0 Å². The van der Waals surface area contributed by atoms with E-state index >= 15 is 0 Å². The lowest BCUT2D eigenvalue weighted by Gasteiger charge is -2.35. The number of aliphatic hydroxyl groups excluding tert-OH is 1. The maximum absolute atomic E-state index is 14.1. The van der Waals surface area contributed by atoms with E-state index in [1.807, 2.05) is 36.5 Å². The molecule has 1 unspecified atom stereocenters. The molecule has 0 spiro atoms. The second kappa shape index (κ2) is 13.2. The highest BCUT2D eigenvalue weighted by Gasteiger charge is 2.33. The molecular weight excluding hydrogens is 534 g/mol. The van der Waals surface area contributed by atoms with Gasteiger partial charge in [0.1, 0.15) is 6.04 Å². The summed E-state index contributed by atoms with van der Waals surface area (Å²) in [7, 11) is 0. The van der Waals surface area contributed by atoms with Crippen LogP contribution in [0, 0.1) is 5.92 Å². The number of aromatic amines is 1. The van der Waals surface area contributed by atoms with Crippen LogP contribution in [-0.4, -0.2) is 47.0 Å². The lowest BCUT2D eigenvalue weighted by molar-refractivity contribution is -0.123. The number of H-pyrrole nitrogens is 1. The Bertz CT molecular complexity index is 1540. The van der Waals surface area contributed by atoms with E-state index in [1.54, 1.807) is 0 Å². The van der Waals surface area contributed by atoms with E-state index in [4.69, 9.17) is 0 Å². The number of benzene rings is 3. The molecule has 1 aromatic heterocycles. The van der Waals surface area contributed by atoms with Crippen molar-refractivity contribution >= 4 is 28.3 Å². The van der Waals surface area contributed by atoms with Gasteiger partial charge in [0.05, 0.1) is 18.2 Å². The summed E-state index contributed by atoms with van der Waals surface area (Å²) >= 11 is 0. The van der Waals surface area contributed by atoms with E-state index in [2.05, 4.69) is 64.6 Å². The van der Waals surface area contributed by atoms with Gasteiger partial charge >= 0.3 is 0 Å². The van der Waals surface area contributed by atoms with Crippen LogP contribution in [0.1, 0.15) is 78.4 Å². The van der Waals surface area contributed by atoms with Gasteiger partial charge in [-0.3, -0.25) is 9.59 Å². The van der Waals surface area contributed by atoms with Crippen LogP contribution < -0.4 is 10.2 Å². The minimum absolute atomic E-state index is 0.0843. The fourth-order valence-corrected chi connectivity index (χ4v) is 7.15. The first kappa shape index (κ1) is 29.2. The Morgan fingerprint density at radius 1 is 1.00 bits per heavy atom. The molecule has 0 bridgehead atoms. The number of carbonyl (C=O) groups is 2. The van der Waals surface area contributed by atoms with Gasteiger partial charge in [0, 0.05) is 42.2 Å². The summed E-state index contributed by atoms with van der Waals surface area (Å²) in [5.74, 6) is 0.863. The molecule has 2 aliphatic rings. The van der Waals surface area contributed by atoms with Crippen LogP contribution in [0.5, 0.6) is 0 Å². The summed E-state index contributed by atoms with van der Waals surface area (Å²) < 4.78 is 0. The van der Waals surface area contributed by atoms with Crippen molar-refractivity contribution in [2.24, 2.45) is 5.92 Å². The molecular formula is C37H43N3O3. The standard InChI is InChI=1S/C37H43N3O3/c1-25(28-14-6-3-7-15-28)18-19-40-32-17-16-31(34(42)21-27-12-8-9-13-27)36-35(32)29(23-38-36)22-30(24-41)39-37(43)33(40)20-26-10-4-2-5-11-26/h2-7,10-11,14-17,23,25,27,30,33,38,41H,8-9,12-13,18-22,24H2,1H3,(H,39,43)/t25?,30-,33-/m0/s1. The molecule has 1 fully saturated rings. The summed E-state index contributed by atoms with van der Waals surface area (Å²) in [4.78, 5) is 33.4. The van der Waals surface area contributed by atoms with Gasteiger partial charge in [-0.2, -0.15) is 0 Å². The van der Waals surface area contributed by atoms with Crippen LogP contribution in [-0.2, 0) is 17.6 Å². The number of hydrogen-bond acceptors (Lipinski definition) is 4. The van der Waals surface area contributed by atoms with Gasteiger partial charge in [0.2, 0.25) is 5.91 Å². The van der Waals surface area contributed by atoms with Crippen molar-refractivity contribution in [2.75, 3.05) is 18.1 Å². The van der Waals surface area contributed by atoms with E-state index in [9.17, 15) is 14.7 Å². The van der Waals surface area contributed by atoms with E-state index in [1.165, 1.54) is 18.4 Å². The van der Waals surface area contributed by atoms with Gasteiger partial charge in [0.25, 0.3) is 0 Å². The monoisotopic (exact) mass is 577 g/mol. The van der Waals surface area contributed by atoms with Crippen LogP contribution in [0.4, 0.5) is 5.69 Å². The highest BCUT2D eigenvalue weighted by Crippen LogP contribution is 2.38. The molecule has 0 saturated heterocycles. The SMILES string of the molecule is CC(CCN1c2ccc(C(=O)CC3CCCC3)c3[nH]cc(c23)C[C@@H](CO)NC(=O)[C@@H]1Cc1ccccc1)c1ccccc1. The summed E-state index contributed by atoms with van der Waals surface area (Å²) in [6.45, 7) is 2.75. The lowest BCUT2D eigenvalue weighted by atomic mass is 9.93. The third kappa shape index (κ3) is 6.40. The number of ketones is 1. The molecule has 6 rings (SSSR count). The minimum atomic E-state index is -0.483. The number of aliphatic hydroxyl groups is 1. The number of hydrogen-bond donors (Lipinski definition) is 3. The Kier molecular flexibility index (Phi) is 8.94. The van der Waals surface area contributed by atoms with Gasteiger partial charge in [-0.1, -0.05) is 93.3 Å². The lowest BCUT2D eigenvalue weighted by Crippen LogP contribution is -2.52. The quantitative estimate of drug-likeness (QED) is 0.186. The zero-order chi connectivity index (χ0) is 29.8. The van der Waals surface area contributed by atoms with Gasteiger partial charge < -0.3 is 20.3 Å². The van der Waals surface area contributed by atoms with Gasteiger partial charge in [-0.15, -0.1) is 0 Å². The smallest absolute Gasteiger partial charge is 0.243 e. The van der Waals surface area contributed by atoms with E-state index in [0.29, 0.717) is 37.6 Å². The van der Waals surface area contributed by atoms with Crippen molar-refractivity contribution in [1.82, 2.24) is 10.3 Å². The fraction of sp³-hybridized carbons (Fsp3) is 0.405. The number of carbonyl (C=O) groups excluding carboxylic acids is 2. The van der Waals surface area contributed by atoms with E-state index in [0.717, 1.165) is 52.5 Å². The number of anilines is 1. The molecule has 0 radical (unpaired) electrons. The molecule has 2 heterocycles. The van der Waals surface area contributed by atoms with Crippen LogP contribution in [0.2, 0.25) is 0 Å². The molecule has 1 amide bonds. The molecule has 3 aromatic carbocycles. The number of Topliss-reactive ketones (excluding diaryl/α,β-unsaturated/α-hetero) is 1. The Morgan fingerprint density at radius 3 is 2.44 bits per heavy atom. The second-order valence-corrected chi connectivity index (χ2v) is 12.6. The molecule has 6 heteroatoms. The van der Waals surface area contributed by atoms with Crippen LogP contribution in [0.25, 0.3) is 10.9 Å². The first-order chi connectivity index (χ1) is 21.0. The van der Waals surface area contributed by atoms with Crippen molar-refractivity contribution in [3.8, 4) is 0 Å². The van der Waals surface area contributed by atoms with Gasteiger partial charge in [-0.25, -0.2) is 0 Å². The molecule has 1 saturated carbocycles. The van der Waals surface area contributed by atoms with Crippen molar-refractivity contribution in [3.05, 3.63) is 101 Å². The number of rotatable bonds is 10. The average molecular weight is 578 g/mol. The Labute approximate surface area is 254 Å². The van der Waals surface area contributed by atoms with Crippen LogP contribution in [0.3, 0.4) is 0 Å². The largest absolute Gasteiger partial charge is 0.394 e. The molecule has 6 nitrogen and oxygen atoms in total. The molecule has 1 aliphatic heterocycles. The fourth-order valence-electron chi connectivity index (χ4n) is 7.15. The van der Waals surface area contributed by atoms with Crippen molar-refractivity contribution in [3.63, 3.8) is 0 Å². The summed E-state index contributed by atoms with van der Waals surface area (Å²) in [6.07, 6.45) is 9.11.